The van der Waals surface area contributed by atoms with Crippen LogP contribution in [0.25, 0.3) is 0 Å². The highest BCUT2D eigenvalue weighted by atomic mass is 35.5. The number of halogens is 1. The number of amides is 1. The van der Waals surface area contributed by atoms with Crippen molar-refractivity contribution in [2.24, 2.45) is 0 Å². The second-order valence-corrected chi connectivity index (χ2v) is 5.08. The smallest absolute Gasteiger partial charge is 0.257 e. The number of carbonyl (C=O) groups is 1. The molecule has 0 saturated heterocycles. The predicted octanol–water partition coefficient (Wildman–Crippen LogP) is 2.43. The van der Waals surface area contributed by atoms with Crippen LogP contribution in [0.2, 0.25) is 5.02 Å². The summed E-state index contributed by atoms with van der Waals surface area (Å²) < 4.78 is 7.27. The zero-order valence-corrected chi connectivity index (χ0v) is 12.6. The van der Waals surface area contributed by atoms with Gasteiger partial charge in [0.05, 0.1) is 0 Å². The van der Waals surface area contributed by atoms with E-state index in [-0.39, 0.29) is 12.5 Å². The Morgan fingerprint density at radius 2 is 2.10 bits per heavy atom. The summed E-state index contributed by atoms with van der Waals surface area (Å²) in [6, 6.07) is 8.87. The van der Waals surface area contributed by atoms with E-state index >= 15 is 0 Å². The molecule has 0 saturated carbocycles. The lowest BCUT2D eigenvalue weighted by Crippen LogP contribution is -2.30. The number of aromatic nitrogens is 2. The van der Waals surface area contributed by atoms with Crippen LogP contribution in [0.15, 0.2) is 36.5 Å². The van der Waals surface area contributed by atoms with Gasteiger partial charge in [0.1, 0.15) is 5.75 Å². The predicted molar refractivity (Wildman–Crippen MR) is 81.5 cm³/mol. The molecule has 1 amide bonds. The number of rotatable bonds is 7. The maximum Gasteiger partial charge on any atom is 0.257 e. The average molecular weight is 308 g/mol. The summed E-state index contributed by atoms with van der Waals surface area (Å²) in [5.74, 6) is 0.490. The van der Waals surface area contributed by atoms with Crippen LogP contribution >= 0.6 is 11.6 Å². The van der Waals surface area contributed by atoms with E-state index in [4.69, 9.17) is 16.3 Å². The summed E-state index contributed by atoms with van der Waals surface area (Å²) in [6.07, 6.45) is 2.60. The Morgan fingerprint density at radius 1 is 1.33 bits per heavy atom. The Bertz CT molecular complexity index is 581. The lowest BCUT2D eigenvalue weighted by molar-refractivity contribution is -0.123. The van der Waals surface area contributed by atoms with Crippen LogP contribution in [-0.4, -0.2) is 28.8 Å². The minimum absolute atomic E-state index is 0.00241. The number of hydrogen-bond donors (Lipinski definition) is 1. The first-order valence-electron chi connectivity index (χ1n) is 6.78. The number of ether oxygens (including phenoxy) is 1. The average Bonchev–Trinajstić information content (AvgIpc) is 2.88. The van der Waals surface area contributed by atoms with Crippen LogP contribution < -0.4 is 10.1 Å². The van der Waals surface area contributed by atoms with Gasteiger partial charge in [0.25, 0.3) is 5.91 Å². The molecule has 0 unspecified atom stereocenters. The molecule has 0 aliphatic rings. The van der Waals surface area contributed by atoms with E-state index in [1.165, 1.54) is 0 Å². The van der Waals surface area contributed by atoms with Crippen molar-refractivity contribution in [3.63, 3.8) is 0 Å². The van der Waals surface area contributed by atoms with Gasteiger partial charge in [-0.15, -0.1) is 0 Å². The lowest BCUT2D eigenvalue weighted by atomic mass is 10.3. The topological polar surface area (TPSA) is 56.2 Å². The van der Waals surface area contributed by atoms with Crippen molar-refractivity contribution in [3.8, 4) is 5.75 Å². The summed E-state index contributed by atoms with van der Waals surface area (Å²) in [7, 11) is 0. The number of nitrogens with zero attached hydrogens (tertiary/aromatic N) is 2. The third-order valence-electron chi connectivity index (χ3n) is 2.98. The van der Waals surface area contributed by atoms with Crippen LogP contribution in [-0.2, 0) is 11.3 Å². The Balaban J connectivity index is 1.61. The summed E-state index contributed by atoms with van der Waals surface area (Å²) in [6.45, 7) is 3.40. The van der Waals surface area contributed by atoms with Gasteiger partial charge in [0.2, 0.25) is 0 Å². The fourth-order valence-electron chi connectivity index (χ4n) is 1.82. The molecule has 0 fully saturated rings. The largest absolute Gasteiger partial charge is 0.484 e. The molecule has 2 aromatic rings. The summed E-state index contributed by atoms with van der Waals surface area (Å²) in [5, 5.41) is 7.64. The Morgan fingerprint density at radius 3 is 2.76 bits per heavy atom. The zero-order chi connectivity index (χ0) is 15.1. The van der Waals surface area contributed by atoms with Gasteiger partial charge in [0.15, 0.2) is 6.61 Å². The first-order chi connectivity index (χ1) is 10.1. The molecule has 6 heteroatoms. The second kappa shape index (κ2) is 7.69. The van der Waals surface area contributed by atoms with E-state index in [0.29, 0.717) is 17.3 Å². The second-order valence-electron chi connectivity index (χ2n) is 4.64. The van der Waals surface area contributed by atoms with Gasteiger partial charge in [-0.05, 0) is 43.7 Å². The first kappa shape index (κ1) is 15.4. The summed E-state index contributed by atoms with van der Waals surface area (Å²) in [5.41, 5.74) is 1.12. The highest BCUT2D eigenvalue weighted by Crippen LogP contribution is 2.15. The molecule has 1 aromatic carbocycles. The zero-order valence-electron chi connectivity index (χ0n) is 11.9. The Kier molecular flexibility index (Phi) is 5.63. The molecule has 0 atom stereocenters. The lowest BCUT2D eigenvalue weighted by Gasteiger charge is -2.08. The fraction of sp³-hybridized carbons (Fsp3) is 0.333. The van der Waals surface area contributed by atoms with Crippen molar-refractivity contribution in [2.45, 2.75) is 19.9 Å². The molecule has 0 radical (unpaired) electrons. The van der Waals surface area contributed by atoms with Gasteiger partial charge in [0, 0.05) is 30.0 Å². The van der Waals surface area contributed by atoms with Gasteiger partial charge < -0.3 is 10.1 Å². The van der Waals surface area contributed by atoms with Crippen molar-refractivity contribution in [2.75, 3.05) is 13.2 Å². The molecule has 1 aromatic heterocycles. The molecular formula is C15H18ClN3O2. The van der Waals surface area contributed by atoms with E-state index in [0.717, 1.165) is 18.7 Å². The minimum Gasteiger partial charge on any atom is -0.484 e. The number of nitrogens with one attached hydrogen (secondary N) is 1. The van der Waals surface area contributed by atoms with Crippen molar-refractivity contribution in [1.82, 2.24) is 15.1 Å². The molecule has 0 aliphatic carbocycles. The molecule has 0 aliphatic heterocycles. The fourth-order valence-corrected chi connectivity index (χ4v) is 1.95. The van der Waals surface area contributed by atoms with Crippen LogP contribution in [0.3, 0.4) is 0 Å². The molecule has 0 spiro atoms. The van der Waals surface area contributed by atoms with E-state index in [1.54, 1.807) is 30.5 Å². The molecule has 0 bridgehead atoms. The van der Waals surface area contributed by atoms with Crippen LogP contribution in [0.1, 0.15) is 12.1 Å². The molecule has 21 heavy (non-hydrogen) atoms. The third-order valence-corrected chi connectivity index (χ3v) is 3.23. The normalized spacial score (nSPS) is 10.4. The van der Waals surface area contributed by atoms with E-state index in [2.05, 4.69) is 10.4 Å². The summed E-state index contributed by atoms with van der Waals surface area (Å²) in [4.78, 5) is 11.6. The summed E-state index contributed by atoms with van der Waals surface area (Å²) >= 11 is 5.77. The van der Waals surface area contributed by atoms with Gasteiger partial charge >= 0.3 is 0 Å². The van der Waals surface area contributed by atoms with Gasteiger partial charge in [-0.3, -0.25) is 9.48 Å². The molecule has 5 nitrogen and oxygen atoms in total. The van der Waals surface area contributed by atoms with Crippen molar-refractivity contribution in [3.05, 3.63) is 47.2 Å². The Hall–Kier alpha value is -2.01. The molecule has 1 N–H and O–H groups in total. The molecular weight excluding hydrogens is 290 g/mol. The third kappa shape index (κ3) is 5.11. The van der Waals surface area contributed by atoms with E-state index < -0.39 is 0 Å². The van der Waals surface area contributed by atoms with Gasteiger partial charge in [-0.2, -0.15) is 5.10 Å². The van der Waals surface area contributed by atoms with Crippen LogP contribution in [0.4, 0.5) is 0 Å². The van der Waals surface area contributed by atoms with E-state index in [1.807, 2.05) is 17.7 Å². The Labute approximate surface area is 128 Å². The number of carbonyl (C=O) groups excluding carboxylic acids is 1. The number of aryl methyl sites for hydroxylation is 2. The number of hydrogen-bond acceptors (Lipinski definition) is 3. The first-order valence-corrected chi connectivity index (χ1v) is 7.16. The van der Waals surface area contributed by atoms with Crippen LogP contribution in [0, 0.1) is 6.92 Å². The van der Waals surface area contributed by atoms with E-state index in [9.17, 15) is 4.79 Å². The SMILES string of the molecule is Cc1ccnn1CCCNC(=O)COc1ccc(Cl)cc1. The standard InChI is InChI=1S/C15H18ClN3O2/c1-12-7-9-18-19(12)10-2-8-17-15(20)11-21-14-5-3-13(16)4-6-14/h3-7,9H,2,8,10-11H2,1H3,(H,17,20). The van der Waals surface area contributed by atoms with Gasteiger partial charge in [-0.1, -0.05) is 11.6 Å². The van der Waals surface area contributed by atoms with Crippen molar-refractivity contribution < 1.29 is 9.53 Å². The maximum absolute atomic E-state index is 11.6. The van der Waals surface area contributed by atoms with Crippen molar-refractivity contribution in [1.29, 1.82) is 0 Å². The molecule has 1 heterocycles. The highest BCUT2D eigenvalue weighted by Gasteiger charge is 2.03. The van der Waals surface area contributed by atoms with Crippen molar-refractivity contribution >= 4 is 17.5 Å². The quantitative estimate of drug-likeness (QED) is 0.799. The monoisotopic (exact) mass is 307 g/mol. The maximum atomic E-state index is 11.6. The molecule has 2 rings (SSSR count). The minimum atomic E-state index is -0.137. The number of benzene rings is 1. The highest BCUT2D eigenvalue weighted by molar-refractivity contribution is 6.30. The van der Waals surface area contributed by atoms with Crippen LogP contribution in [0.5, 0.6) is 5.75 Å². The molecule has 112 valence electrons. The van der Waals surface area contributed by atoms with Gasteiger partial charge in [-0.25, -0.2) is 0 Å².